The molecule has 1 rings (SSSR count). The highest BCUT2D eigenvalue weighted by atomic mass is 16.5. The van der Waals surface area contributed by atoms with Gasteiger partial charge in [-0.1, -0.05) is 12.1 Å². The van der Waals surface area contributed by atoms with Crippen LogP contribution in [0.4, 0.5) is 5.69 Å². The first-order chi connectivity index (χ1) is 7.65. The third kappa shape index (κ3) is 3.47. The standard InChI is InChI=1S/C12H15NO3/c1-3-16-8-12(15)10-6-4-5-7-11(10)13-9(2)14/h4-7H,3,8H2,1-2H3,(H,13,14). The van der Waals surface area contributed by atoms with Crippen LogP contribution in [0.2, 0.25) is 0 Å². The highest BCUT2D eigenvalue weighted by Crippen LogP contribution is 2.15. The van der Waals surface area contributed by atoms with E-state index in [2.05, 4.69) is 5.32 Å². The van der Waals surface area contributed by atoms with Crippen molar-refractivity contribution in [2.24, 2.45) is 0 Å². The van der Waals surface area contributed by atoms with Gasteiger partial charge in [-0.05, 0) is 19.1 Å². The molecule has 0 saturated carbocycles. The topological polar surface area (TPSA) is 55.4 Å². The van der Waals surface area contributed by atoms with Crippen molar-refractivity contribution in [2.75, 3.05) is 18.5 Å². The fourth-order valence-electron chi connectivity index (χ4n) is 1.30. The van der Waals surface area contributed by atoms with Gasteiger partial charge in [-0.3, -0.25) is 9.59 Å². The van der Waals surface area contributed by atoms with Crippen molar-refractivity contribution in [1.29, 1.82) is 0 Å². The van der Waals surface area contributed by atoms with Crippen molar-refractivity contribution in [3.63, 3.8) is 0 Å². The number of rotatable bonds is 5. The van der Waals surface area contributed by atoms with E-state index in [-0.39, 0.29) is 18.3 Å². The van der Waals surface area contributed by atoms with Gasteiger partial charge >= 0.3 is 0 Å². The molecule has 0 aliphatic heterocycles. The third-order valence-electron chi connectivity index (χ3n) is 1.98. The number of hydrogen-bond donors (Lipinski definition) is 1. The molecule has 1 aromatic carbocycles. The van der Waals surface area contributed by atoms with Gasteiger partial charge in [0.05, 0.1) is 5.69 Å². The van der Waals surface area contributed by atoms with Gasteiger partial charge in [-0.2, -0.15) is 0 Å². The number of carbonyl (C=O) groups excluding carboxylic acids is 2. The summed E-state index contributed by atoms with van der Waals surface area (Å²) in [7, 11) is 0. The molecule has 1 N–H and O–H groups in total. The van der Waals surface area contributed by atoms with Gasteiger partial charge in [0.1, 0.15) is 6.61 Å². The number of carbonyl (C=O) groups is 2. The Balaban J connectivity index is 2.85. The molecule has 0 atom stereocenters. The molecule has 4 nitrogen and oxygen atoms in total. The maximum atomic E-state index is 11.7. The average Bonchev–Trinajstić information content (AvgIpc) is 2.26. The van der Waals surface area contributed by atoms with Crippen LogP contribution in [0, 0.1) is 0 Å². The van der Waals surface area contributed by atoms with Gasteiger partial charge in [0, 0.05) is 19.1 Å². The Labute approximate surface area is 94.6 Å². The third-order valence-corrected chi connectivity index (χ3v) is 1.98. The summed E-state index contributed by atoms with van der Waals surface area (Å²) in [6.45, 7) is 3.76. The van der Waals surface area contributed by atoms with E-state index in [9.17, 15) is 9.59 Å². The minimum absolute atomic E-state index is 0.0348. The second kappa shape index (κ2) is 6.02. The molecule has 0 saturated heterocycles. The maximum absolute atomic E-state index is 11.7. The van der Waals surface area contributed by atoms with Gasteiger partial charge in [0.15, 0.2) is 5.78 Å². The number of ketones is 1. The zero-order chi connectivity index (χ0) is 12.0. The Morgan fingerprint density at radius 1 is 1.31 bits per heavy atom. The van der Waals surface area contributed by atoms with Crippen molar-refractivity contribution >= 4 is 17.4 Å². The molecule has 0 aliphatic carbocycles. The average molecular weight is 221 g/mol. The maximum Gasteiger partial charge on any atom is 0.221 e. The van der Waals surface area contributed by atoms with E-state index in [1.54, 1.807) is 24.3 Å². The molecule has 0 spiro atoms. The Bertz CT molecular complexity index is 388. The van der Waals surface area contributed by atoms with E-state index < -0.39 is 0 Å². The number of anilines is 1. The molecular formula is C12H15NO3. The smallest absolute Gasteiger partial charge is 0.221 e. The minimum atomic E-state index is -0.198. The van der Waals surface area contributed by atoms with E-state index in [0.717, 1.165) is 0 Å². The number of amides is 1. The molecule has 1 aromatic rings. The van der Waals surface area contributed by atoms with Crippen molar-refractivity contribution in [3.05, 3.63) is 29.8 Å². The molecule has 0 bridgehead atoms. The Kier molecular flexibility index (Phi) is 4.66. The largest absolute Gasteiger partial charge is 0.374 e. The quantitative estimate of drug-likeness (QED) is 0.772. The Hall–Kier alpha value is -1.68. The number of hydrogen-bond acceptors (Lipinski definition) is 3. The number of ether oxygens (including phenoxy) is 1. The Morgan fingerprint density at radius 3 is 2.62 bits per heavy atom. The highest BCUT2D eigenvalue weighted by molar-refractivity contribution is 6.05. The SMILES string of the molecule is CCOCC(=O)c1ccccc1NC(C)=O. The lowest BCUT2D eigenvalue weighted by molar-refractivity contribution is -0.114. The molecule has 0 fully saturated rings. The monoisotopic (exact) mass is 221 g/mol. The second-order valence-electron chi connectivity index (χ2n) is 3.29. The van der Waals surface area contributed by atoms with Crippen LogP contribution >= 0.6 is 0 Å². The summed E-state index contributed by atoms with van der Waals surface area (Å²) in [4.78, 5) is 22.7. The molecule has 86 valence electrons. The lowest BCUT2D eigenvalue weighted by Crippen LogP contribution is -2.14. The van der Waals surface area contributed by atoms with Crippen molar-refractivity contribution in [2.45, 2.75) is 13.8 Å². The van der Waals surface area contributed by atoms with Crippen LogP contribution in [-0.2, 0) is 9.53 Å². The second-order valence-corrected chi connectivity index (χ2v) is 3.29. The minimum Gasteiger partial charge on any atom is -0.374 e. The van der Waals surface area contributed by atoms with Crippen LogP contribution in [0.15, 0.2) is 24.3 Å². The van der Waals surface area contributed by atoms with E-state index in [4.69, 9.17) is 4.74 Å². The lowest BCUT2D eigenvalue weighted by atomic mass is 10.1. The zero-order valence-electron chi connectivity index (χ0n) is 9.45. The first kappa shape index (κ1) is 12.4. The van der Waals surface area contributed by atoms with Crippen LogP contribution in [0.5, 0.6) is 0 Å². The van der Waals surface area contributed by atoms with Crippen LogP contribution in [0.3, 0.4) is 0 Å². The molecular weight excluding hydrogens is 206 g/mol. The number of para-hydroxylation sites is 1. The molecule has 0 heterocycles. The molecule has 0 aromatic heterocycles. The van der Waals surface area contributed by atoms with E-state index in [0.29, 0.717) is 17.9 Å². The van der Waals surface area contributed by atoms with Crippen LogP contribution < -0.4 is 5.32 Å². The highest BCUT2D eigenvalue weighted by Gasteiger charge is 2.11. The van der Waals surface area contributed by atoms with E-state index >= 15 is 0 Å². The predicted molar refractivity (Wildman–Crippen MR) is 61.6 cm³/mol. The molecule has 0 aliphatic rings. The molecule has 0 unspecified atom stereocenters. The van der Waals surface area contributed by atoms with Crippen molar-refractivity contribution < 1.29 is 14.3 Å². The van der Waals surface area contributed by atoms with Crippen LogP contribution in [0.1, 0.15) is 24.2 Å². The van der Waals surface area contributed by atoms with Crippen LogP contribution in [-0.4, -0.2) is 24.9 Å². The number of Topliss-reactive ketones (excluding diaryl/α,β-unsaturated/α-hetero) is 1. The lowest BCUT2D eigenvalue weighted by Gasteiger charge is -2.08. The first-order valence-corrected chi connectivity index (χ1v) is 5.12. The fourth-order valence-corrected chi connectivity index (χ4v) is 1.30. The molecule has 1 amide bonds. The summed E-state index contributed by atoms with van der Waals surface area (Å²) in [6.07, 6.45) is 0. The normalized spacial score (nSPS) is 9.88. The number of benzene rings is 1. The fraction of sp³-hybridized carbons (Fsp3) is 0.333. The van der Waals surface area contributed by atoms with Crippen molar-refractivity contribution in [3.8, 4) is 0 Å². The summed E-state index contributed by atoms with van der Waals surface area (Å²) >= 11 is 0. The van der Waals surface area contributed by atoms with E-state index in [1.807, 2.05) is 6.92 Å². The van der Waals surface area contributed by atoms with Crippen LogP contribution in [0.25, 0.3) is 0 Å². The van der Waals surface area contributed by atoms with Gasteiger partial charge in [0.2, 0.25) is 5.91 Å². The molecule has 0 radical (unpaired) electrons. The van der Waals surface area contributed by atoms with Gasteiger partial charge in [-0.25, -0.2) is 0 Å². The van der Waals surface area contributed by atoms with Gasteiger partial charge in [-0.15, -0.1) is 0 Å². The summed E-state index contributed by atoms with van der Waals surface area (Å²) < 4.78 is 5.05. The van der Waals surface area contributed by atoms with Gasteiger partial charge < -0.3 is 10.1 Å². The first-order valence-electron chi connectivity index (χ1n) is 5.12. The predicted octanol–water partition coefficient (Wildman–Crippen LogP) is 1.86. The molecule has 16 heavy (non-hydrogen) atoms. The summed E-state index contributed by atoms with van der Waals surface area (Å²) in [5.74, 6) is -0.331. The Morgan fingerprint density at radius 2 is 2.00 bits per heavy atom. The summed E-state index contributed by atoms with van der Waals surface area (Å²) in [5, 5.41) is 2.62. The summed E-state index contributed by atoms with van der Waals surface area (Å²) in [6, 6.07) is 6.89. The van der Waals surface area contributed by atoms with Gasteiger partial charge in [0.25, 0.3) is 0 Å². The van der Waals surface area contributed by atoms with Crippen molar-refractivity contribution in [1.82, 2.24) is 0 Å². The van der Waals surface area contributed by atoms with E-state index in [1.165, 1.54) is 6.92 Å². The molecule has 4 heteroatoms. The number of nitrogens with one attached hydrogen (secondary N) is 1. The summed E-state index contributed by atoms with van der Waals surface area (Å²) in [5.41, 5.74) is 1.01. The zero-order valence-corrected chi connectivity index (χ0v) is 9.45.